The van der Waals surface area contributed by atoms with Crippen LogP contribution >= 0.6 is 0 Å². The summed E-state index contributed by atoms with van der Waals surface area (Å²) in [5.41, 5.74) is 1.71. The van der Waals surface area contributed by atoms with Crippen LogP contribution in [0.3, 0.4) is 0 Å². The van der Waals surface area contributed by atoms with Gasteiger partial charge in [0.05, 0.1) is 17.6 Å². The summed E-state index contributed by atoms with van der Waals surface area (Å²) in [6, 6.07) is 12.8. The standard InChI is InChI=1S/C18H20N2O5S/c1-19-26(23,24)16-9-6-13(7-10-16)8-11-17(21)20-15-5-3-4-14(12-15)18(22)25-2/h3-7,9-10,12,19H,8,11H2,1-2H3,(H,20,21). The maximum atomic E-state index is 12.1. The Balaban J connectivity index is 1.94. The van der Waals surface area contributed by atoms with Gasteiger partial charge in [-0.25, -0.2) is 17.9 Å². The number of ether oxygens (including phenoxy) is 1. The fourth-order valence-electron chi connectivity index (χ4n) is 2.28. The van der Waals surface area contributed by atoms with Crippen LogP contribution in [0.25, 0.3) is 0 Å². The van der Waals surface area contributed by atoms with E-state index in [0.717, 1.165) is 5.56 Å². The number of amides is 1. The molecule has 0 aliphatic rings. The van der Waals surface area contributed by atoms with Gasteiger partial charge in [0.25, 0.3) is 0 Å². The van der Waals surface area contributed by atoms with Crippen molar-refractivity contribution in [3.05, 3.63) is 59.7 Å². The molecule has 0 radical (unpaired) electrons. The fraction of sp³-hybridized carbons (Fsp3) is 0.222. The second kappa shape index (κ2) is 8.59. The molecule has 0 saturated carbocycles. The number of nitrogens with one attached hydrogen (secondary N) is 2. The Morgan fingerprint density at radius 1 is 1.08 bits per heavy atom. The molecule has 2 aromatic carbocycles. The lowest BCUT2D eigenvalue weighted by molar-refractivity contribution is -0.116. The summed E-state index contributed by atoms with van der Waals surface area (Å²) in [5.74, 6) is -0.684. The van der Waals surface area contributed by atoms with Crippen LogP contribution in [0.2, 0.25) is 0 Å². The van der Waals surface area contributed by atoms with Gasteiger partial charge in [-0.2, -0.15) is 0 Å². The molecule has 26 heavy (non-hydrogen) atoms. The summed E-state index contributed by atoms with van der Waals surface area (Å²) >= 11 is 0. The largest absolute Gasteiger partial charge is 0.465 e. The summed E-state index contributed by atoms with van der Waals surface area (Å²) in [6.45, 7) is 0. The van der Waals surface area contributed by atoms with E-state index in [2.05, 4.69) is 14.8 Å². The van der Waals surface area contributed by atoms with Crippen molar-refractivity contribution in [2.75, 3.05) is 19.5 Å². The number of carbonyl (C=O) groups is 2. The number of benzene rings is 2. The predicted molar refractivity (Wildman–Crippen MR) is 97.4 cm³/mol. The number of hydrogen-bond acceptors (Lipinski definition) is 5. The Labute approximate surface area is 152 Å². The van der Waals surface area contributed by atoms with E-state index >= 15 is 0 Å². The molecule has 0 unspecified atom stereocenters. The van der Waals surface area contributed by atoms with Crippen LogP contribution in [0.1, 0.15) is 22.3 Å². The first-order valence-corrected chi connectivity index (χ1v) is 9.35. The minimum Gasteiger partial charge on any atom is -0.465 e. The summed E-state index contributed by atoms with van der Waals surface area (Å²) in [4.78, 5) is 23.7. The van der Waals surface area contributed by atoms with Gasteiger partial charge in [0.1, 0.15) is 0 Å². The van der Waals surface area contributed by atoms with Crippen molar-refractivity contribution in [1.82, 2.24) is 4.72 Å². The van der Waals surface area contributed by atoms with Crippen molar-refractivity contribution in [3.8, 4) is 0 Å². The number of sulfonamides is 1. The van der Waals surface area contributed by atoms with Gasteiger partial charge in [0.2, 0.25) is 15.9 Å². The third kappa shape index (κ3) is 5.14. The third-order valence-corrected chi connectivity index (χ3v) is 5.14. The Morgan fingerprint density at radius 2 is 1.77 bits per heavy atom. The van der Waals surface area contributed by atoms with Crippen LogP contribution in [0, 0.1) is 0 Å². The van der Waals surface area contributed by atoms with Crippen LogP contribution in [-0.4, -0.2) is 34.5 Å². The maximum absolute atomic E-state index is 12.1. The first-order valence-electron chi connectivity index (χ1n) is 7.86. The van der Waals surface area contributed by atoms with Gasteiger partial charge in [0.15, 0.2) is 0 Å². The lowest BCUT2D eigenvalue weighted by Crippen LogP contribution is -2.18. The summed E-state index contributed by atoms with van der Waals surface area (Å²) in [7, 11) is -0.825. The van der Waals surface area contributed by atoms with Crippen LogP contribution in [0.5, 0.6) is 0 Å². The molecule has 7 nitrogen and oxygen atoms in total. The second-order valence-corrected chi connectivity index (χ2v) is 7.36. The molecular formula is C18H20N2O5S. The summed E-state index contributed by atoms with van der Waals surface area (Å²) in [6.07, 6.45) is 0.684. The maximum Gasteiger partial charge on any atom is 0.337 e. The average molecular weight is 376 g/mol. The number of hydrogen-bond donors (Lipinski definition) is 2. The van der Waals surface area contributed by atoms with E-state index in [1.54, 1.807) is 36.4 Å². The molecule has 0 bridgehead atoms. The molecular weight excluding hydrogens is 356 g/mol. The van der Waals surface area contributed by atoms with E-state index < -0.39 is 16.0 Å². The third-order valence-electron chi connectivity index (χ3n) is 3.71. The molecule has 2 N–H and O–H groups in total. The molecule has 0 saturated heterocycles. The smallest absolute Gasteiger partial charge is 0.337 e. The Morgan fingerprint density at radius 3 is 2.38 bits per heavy atom. The van der Waals surface area contributed by atoms with Gasteiger partial charge >= 0.3 is 5.97 Å². The molecule has 0 aliphatic carbocycles. The van der Waals surface area contributed by atoms with Crippen LogP contribution < -0.4 is 10.0 Å². The zero-order chi connectivity index (χ0) is 19.2. The van der Waals surface area contributed by atoms with Gasteiger partial charge in [-0.05, 0) is 49.4 Å². The normalized spacial score (nSPS) is 11.0. The SMILES string of the molecule is CNS(=O)(=O)c1ccc(CCC(=O)Nc2cccc(C(=O)OC)c2)cc1. The summed E-state index contributed by atoms with van der Waals surface area (Å²) in [5, 5.41) is 2.72. The highest BCUT2D eigenvalue weighted by Gasteiger charge is 2.11. The topological polar surface area (TPSA) is 102 Å². The van der Waals surface area contributed by atoms with Crippen molar-refractivity contribution in [1.29, 1.82) is 0 Å². The molecule has 2 rings (SSSR count). The highest BCUT2D eigenvalue weighted by atomic mass is 32.2. The van der Waals surface area contributed by atoms with E-state index in [4.69, 9.17) is 0 Å². The minimum atomic E-state index is -3.47. The van der Waals surface area contributed by atoms with Gasteiger partial charge in [-0.15, -0.1) is 0 Å². The van der Waals surface area contributed by atoms with Gasteiger partial charge in [-0.1, -0.05) is 18.2 Å². The van der Waals surface area contributed by atoms with Crippen molar-refractivity contribution in [2.45, 2.75) is 17.7 Å². The van der Waals surface area contributed by atoms with Crippen molar-refractivity contribution < 1.29 is 22.7 Å². The molecule has 8 heteroatoms. The number of rotatable bonds is 7. The Kier molecular flexibility index (Phi) is 6.48. The molecule has 0 fully saturated rings. The van der Waals surface area contributed by atoms with E-state index in [9.17, 15) is 18.0 Å². The van der Waals surface area contributed by atoms with Crippen LogP contribution in [0.4, 0.5) is 5.69 Å². The van der Waals surface area contributed by atoms with E-state index in [1.165, 1.54) is 26.3 Å². The molecule has 0 spiro atoms. The molecule has 2 aromatic rings. The van der Waals surface area contributed by atoms with Crippen LogP contribution in [0.15, 0.2) is 53.4 Å². The molecule has 138 valence electrons. The summed E-state index contributed by atoms with van der Waals surface area (Å²) < 4.78 is 30.2. The second-order valence-electron chi connectivity index (χ2n) is 5.47. The predicted octanol–water partition coefficient (Wildman–Crippen LogP) is 1.95. The van der Waals surface area contributed by atoms with Gasteiger partial charge < -0.3 is 10.1 Å². The van der Waals surface area contributed by atoms with Gasteiger partial charge in [-0.3, -0.25) is 4.79 Å². The first-order chi connectivity index (χ1) is 12.4. The van der Waals surface area contributed by atoms with Crippen molar-refractivity contribution in [2.24, 2.45) is 0 Å². The molecule has 0 aliphatic heterocycles. The van der Waals surface area contributed by atoms with Crippen molar-refractivity contribution >= 4 is 27.6 Å². The van der Waals surface area contributed by atoms with E-state index in [-0.39, 0.29) is 17.2 Å². The molecule has 0 aromatic heterocycles. The molecule has 0 atom stereocenters. The van der Waals surface area contributed by atoms with E-state index in [0.29, 0.717) is 17.7 Å². The highest BCUT2D eigenvalue weighted by molar-refractivity contribution is 7.89. The minimum absolute atomic E-state index is 0.174. The number of carbonyl (C=O) groups excluding carboxylic acids is 2. The zero-order valence-corrected chi connectivity index (χ0v) is 15.3. The number of methoxy groups -OCH3 is 1. The van der Waals surface area contributed by atoms with Crippen molar-refractivity contribution in [3.63, 3.8) is 0 Å². The van der Waals surface area contributed by atoms with E-state index in [1.807, 2.05) is 0 Å². The zero-order valence-electron chi connectivity index (χ0n) is 14.5. The quantitative estimate of drug-likeness (QED) is 0.719. The Hall–Kier alpha value is -2.71. The van der Waals surface area contributed by atoms with Crippen LogP contribution in [-0.2, 0) is 26.0 Å². The Bertz CT molecular complexity index is 892. The lowest BCUT2D eigenvalue weighted by atomic mass is 10.1. The first kappa shape index (κ1) is 19.6. The number of aryl methyl sites for hydroxylation is 1. The number of esters is 1. The fourth-order valence-corrected chi connectivity index (χ4v) is 3.01. The molecule has 1 amide bonds. The highest BCUT2D eigenvalue weighted by Crippen LogP contribution is 2.14. The average Bonchev–Trinajstić information content (AvgIpc) is 2.66. The lowest BCUT2D eigenvalue weighted by Gasteiger charge is -2.07. The van der Waals surface area contributed by atoms with Gasteiger partial charge in [0, 0.05) is 12.1 Å². The monoisotopic (exact) mass is 376 g/mol. The molecule has 0 heterocycles. The number of anilines is 1.